The zero-order valence-electron chi connectivity index (χ0n) is 27.0. The molecule has 0 aliphatic rings. The summed E-state index contributed by atoms with van der Waals surface area (Å²) < 4.78 is 4.53. The quantitative estimate of drug-likeness (QED) is 0.188. The molecule has 50 heavy (non-hydrogen) atoms. The summed E-state index contributed by atoms with van der Waals surface area (Å²) >= 11 is 0. The fourth-order valence-corrected chi connectivity index (χ4v) is 7.35. The Morgan fingerprint density at radius 2 is 1.08 bits per heavy atom. The fraction of sp³-hybridized carbons (Fsp3) is 0. The van der Waals surface area contributed by atoms with Gasteiger partial charge < -0.3 is 0 Å². The number of fused-ring (bicyclic) bond motifs is 7. The van der Waals surface area contributed by atoms with Crippen molar-refractivity contribution in [2.45, 2.75) is 0 Å². The van der Waals surface area contributed by atoms with E-state index in [1.54, 1.807) is 0 Å². The summed E-state index contributed by atoms with van der Waals surface area (Å²) in [4.78, 5) is 15.5. The summed E-state index contributed by atoms with van der Waals surface area (Å²) in [6.45, 7) is 0. The first-order chi connectivity index (χ1) is 24.8. The molecule has 0 N–H and O–H groups in total. The molecule has 5 aromatic heterocycles. The van der Waals surface area contributed by atoms with E-state index < -0.39 is 0 Å². The van der Waals surface area contributed by atoms with Gasteiger partial charge in [0.2, 0.25) is 0 Å². The van der Waals surface area contributed by atoms with Crippen molar-refractivity contribution < 1.29 is 0 Å². The summed E-state index contributed by atoms with van der Waals surface area (Å²) in [6.07, 6.45) is 3.88. The summed E-state index contributed by atoms with van der Waals surface area (Å²) in [7, 11) is 0. The van der Waals surface area contributed by atoms with E-state index in [0.717, 1.165) is 83.3 Å². The van der Waals surface area contributed by atoms with Crippen LogP contribution in [0.4, 0.5) is 0 Å². The smallest absolute Gasteiger partial charge is 0.148 e. The first-order valence-electron chi connectivity index (χ1n) is 16.8. The molecular formula is C45H29N5. The van der Waals surface area contributed by atoms with Gasteiger partial charge in [-0.15, -0.1) is 0 Å². The zero-order chi connectivity index (χ0) is 33.0. The molecule has 0 saturated carbocycles. The third-order valence-corrected chi connectivity index (χ3v) is 9.61. The molecule has 5 heteroatoms. The Hall–Kier alpha value is -6.85. The number of rotatable bonds is 5. The Bertz CT molecular complexity index is 2780. The lowest BCUT2D eigenvalue weighted by Crippen LogP contribution is -2.01. The van der Waals surface area contributed by atoms with E-state index >= 15 is 0 Å². The lowest BCUT2D eigenvalue weighted by Gasteiger charge is -2.12. The van der Waals surface area contributed by atoms with E-state index in [2.05, 4.69) is 155 Å². The van der Waals surface area contributed by atoms with Crippen molar-refractivity contribution in [3.8, 4) is 45.1 Å². The van der Waals surface area contributed by atoms with Crippen molar-refractivity contribution >= 4 is 43.7 Å². The average molecular weight is 640 g/mol. The van der Waals surface area contributed by atoms with Crippen LogP contribution in [0.5, 0.6) is 0 Å². The van der Waals surface area contributed by atoms with Crippen LogP contribution in [0.1, 0.15) is 0 Å². The minimum absolute atomic E-state index is 0.815. The number of aromatic nitrogens is 5. The van der Waals surface area contributed by atoms with Crippen LogP contribution in [-0.4, -0.2) is 24.1 Å². The van der Waals surface area contributed by atoms with Crippen LogP contribution in [0.3, 0.4) is 0 Å². The molecule has 0 bridgehead atoms. The lowest BCUT2D eigenvalue weighted by atomic mass is 10.0. The molecule has 10 aromatic rings. The highest BCUT2D eigenvalue weighted by Crippen LogP contribution is 2.42. The standard InChI is InChI=1S/C45H29N5/c1-4-14-30(15-5-1)33-23-24-35-37-29-47-45-43(44(37)49(40(35)27-33)41-22-12-13-25-46-41)36-20-10-11-21-39(36)50(45)42-28-34(31-16-6-2-7-17-31)26-38(48-42)32-18-8-3-9-19-32/h1-29H. The molecule has 234 valence electrons. The van der Waals surface area contributed by atoms with Gasteiger partial charge >= 0.3 is 0 Å². The van der Waals surface area contributed by atoms with Gasteiger partial charge in [-0.05, 0) is 58.7 Å². The third kappa shape index (κ3) is 4.45. The summed E-state index contributed by atoms with van der Waals surface area (Å²) in [5.74, 6) is 1.67. The van der Waals surface area contributed by atoms with Crippen molar-refractivity contribution in [3.05, 3.63) is 176 Å². The topological polar surface area (TPSA) is 48.5 Å². The maximum atomic E-state index is 5.32. The molecule has 10 rings (SSSR count). The molecule has 5 nitrogen and oxygen atoms in total. The van der Waals surface area contributed by atoms with Gasteiger partial charge in [-0.1, -0.05) is 127 Å². The molecule has 0 spiro atoms. The van der Waals surface area contributed by atoms with Crippen molar-refractivity contribution in [1.29, 1.82) is 0 Å². The maximum absolute atomic E-state index is 5.32. The molecule has 0 unspecified atom stereocenters. The second-order valence-electron chi connectivity index (χ2n) is 12.5. The largest absolute Gasteiger partial charge is 0.293 e. The molecule has 5 aromatic carbocycles. The number of pyridine rings is 3. The summed E-state index contributed by atoms with van der Waals surface area (Å²) in [5.41, 5.74) is 10.6. The minimum atomic E-state index is 0.815. The highest BCUT2D eigenvalue weighted by atomic mass is 15.1. The number of para-hydroxylation sites is 1. The summed E-state index contributed by atoms with van der Waals surface area (Å²) in [5, 5.41) is 4.38. The molecule has 0 saturated heterocycles. The fourth-order valence-electron chi connectivity index (χ4n) is 7.35. The Labute approximate surface area is 288 Å². The first-order valence-corrected chi connectivity index (χ1v) is 16.8. The van der Waals surface area contributed by atoms with Crippen LogP contribution in [0.15, 0.2) is 176 Å². The second kappa shape index (κ2) is 11.4. The van der Waals surface area contributed by atoms with E-state index in [1.807, 2.05) is 30.6 Å². The highest BCUT2D eigenvalue weighted by molar-refractivity contribution is 6.25. The van der Waals surface area contributed by atoms with Gasteiger partial charge in [-0.25, -0.2) is 15.0 Å². The Balaban J connectivity index is 1.33. The van der Waals surface area contributed by atoms with Crippen LogP contribution in [0, 0.1) is 0 Å². The molecule has 0 fully saturated rings. The number of benzene rings is 5. The zero-order valence-corrected chi connectivity index (χ0v) is 27.0. The monoisotopic (exact) mass is 639 g/mol. The molecular weight excluding hydrogens is 611 g/mol. The van der Waals surface area contributed by atoms with Crippen LogP contribution in [-0.2, 0) is 0 Å². The maximum Gasteiger partial charge on any atom is 0.148 e. The van der Waals surface area contributed by atoms with E-state index in [9.17, 15) is 0 Å². The number of nitrogens with zero attached hydrogens (tertiary/aromatic N) is 5. The molecule has 0 aliphatic heterocycles. The molecule has 0 radical (unpaired) electrons. The second-order valence-corrected chi connectivity index (χ2v) is 12.5. The summed E-state index contributed by atoms with van der Waals surface area (Å²) in [6, 6.07) is 57.2. The van der Waals surface area contributed by atoms with Gasteiger partial charge in [0, 0.05) is 34.1 Å². The van der Waals surface area contributed by atoms with Gasteiger partial charge in [-0.2, -0.15) is 0 Å². The number of hydrogen-bond acceptors (Lipinski definition) is 3. The van der Waals surface area contributed by atoms with Gasteiger partial charge in [-0.3, -0.25) is 9.13 Å². The van der Waals surface area contributed by atoms with Gasteiger partial charge in [0.25, 0.3) is 0 Å². The van der Waals surface area contributed by atoms with Crippen LogP contribution in [0.25, 0.3) is 88.9 Å². The predicted molar refractivity (Wildman–Crippen MR) is 205 cm³/mol. The minimum Gasteiger partial charge on any atom is -0.293 e. The van der Waals surface area contributed by atoms with Crippen molar-refractivity contribution in [2.75, 3.05) is 0 Å². The average Bonchev–Trinajstić information content (AvgIpc) is 3.71. The van der Waals surface area contributed by atoms with Gasteiger partial charge in [0.15, 0.2) is 0 Å². The van der Waals surface area contributed by atoms with Crippen LogP contribution in [0.2, 0.25) is 0 Å². The Morgan fingerprint density at radius 1 is 0.400 bits per heavy atom. The van der Waals surface area contributed by atoms with Crippen LogP contribution >= 0.6 is 0 Å². The third-order valence-electron chi connectivity index (χ3n) is 9.61. The van der Waals surface area contributed by atoms with Crippen molar-refractivity contribution in [3.63, 3.8) is 0 Å². The first kappa shape index (κ1) is 28.2. The SMILES string of the molecule is c1ccc(-c2cc(-c3ccccc3)nc(-n3c4ccccc4c4c3ncc3c5ccc(-c6ccccc6)cc5n(-c5ccccn5)c34)c2)cc1. The van der Waals surface area contributed by atoms with E-state index in [4.69, 9.17) is 15.0 Å². The highest BCUT2D eigenvalue weighted by Gasteiger charge is 2.23. The molecule has 0 aliphatic carbocycles. The lowest BCUT2D eigenvalue weighted by molar-refractivity contribution is 1.06. The molecule has 5 heterocycles. The molecule has 0 atom stereocenters. The van der Waals surface area contributed by atoms with E-state index in [0.29, 0.717) is 0 Å². The Kier molecular flexibility index (Phi) is 6.42. The van der Waals surface area contributed by atoms with Crippen molar-refractivity contribution in [2.24, 2.45) is 0 Å². The normalized spacial score (nSPS) is 11.6. The van der Waals surface area contributed by atoms with E-state index in [1.165, 1.54) is 5.56 Å². The predicted octanol–water partition coefficient (Wildman–Crippen LogP) is 11.1. The van der Waals surface area contributed by atoms with Gasteiger partial charge in [0.1, 0.15) is 17.3 Å². The van der Waals surface area contributed by atoms with Gasteiger partial charge in [0.05, 0.1) is 27.6 Å². The molecule has 0 amide bonds. The van der Waals surface area contributed by atoms with Crippen LogP contribution < -0.4 is 0 Å². The van der Waals surface area contributed by atoms with E-state index in [-0.39, 0.29) is 0 Å². The number of hydrogen-bond donors (Lipinski definition) is 0. The Morgan fingerprint density at radius 3 is 1.82 bits per heavy atom. The van der Waals surface area contributed by atoms with Crippen molar-refractivity contribution in [1.82, 2.24) is 24.1 Å².